The highest BCUT2D eigenvalue weighted by atomic mass is 32.2. The number of fused-ring (bicyclic) bond motifs is 1. The third-order valence-electron chi connectivity index (χ3n) is 1.66. The minimum Gasteiger partial charge on any atom is -0.426 e. The lowest BCUT2D eigenvalue weighted by molar-refractivity contribution is -0.273. The first-order valence-corrected chi connectivity index (χ1v) is 4.47. The maximum Gasteiger partial charge on any atom is 0.475 e. The average Bonchev–Trinajstić information content (AvgIpc) is 2.05. The van der Waals surface area contributed by atoms with E-state index in [4.69, 9.17) is 0 Å². The maximum absolute atomic E-state index is 12.7. The van der Waals surface area contributed by atoms with Gasteiger partial charge in [0.2, 0.25) is 0 Å². The fourth-order valence-electron chi connectivity index (χ4n) is 1.01. The maximum atomic E-state index is 12.7. The van der Waals surface area contributed by atoms with E-state index in [1.807, 2.05) is 0 Å². The van der Waals surface area contributed by atoms with Gasteiger partial charge in [0.25, 0.3) is 0 Å². The number of para-hydroxylation sites is 1. The van der Waals surface area contributed by atoms with Gasteiger partial charge in [0.05, 0.1) is 4.90 Å². The number of ether oxygens (including phenoxy) is 1. The van der Waals surface area contributed by atoms with Crippen molar-refractivity contribution >= 4 is 11.8 Å². The van der Waals surface area contributed by atoms with E-state index in [-0.39, 0.29) is 22.4 Å². The summed E-state index contributed by atoms with van der Waals surface area (Å²) in [5, 5.41) is -4.22. The fourth-order valence-corrected chi connectivity index (χ4v) is 1.81. The highest BCUT2D eigenvalue weighted by Crippen LogP contribution is 2.54. The molecule has 1 aliphatic heterocycles. The molecule has 0 amide bonds. The zero-order chi connectivity index (χ0) is 10.4. The minimum absolute atomic E-state index is 0.0171. The number of hydrogen-bond acceptors (Lipinski definition) is 2. The number of thioether (sulfide) groups is 1. The van der Waals surface area contributed by atoms with E-state index in [2.05, 4.69) is 4.74 Å². The number of rotatable bonds is 0. The van der Waals surface area contributed by atoms with E-state index < -0.39 is 11.4 Å². The average molecular weight is 224 g/mol. The van der Waals surface area contributed by atoms with Gasteiger partial charge in [-0.25, -0.2) is 0 Å². The second-order valence-electron chi connectivity index (χ2n) is 2.68. The van der Waals surface area contributed by atoms with Crippen molar-refractivity contribution in [2.24, 2.45) is 0 Å². The van der Waals surface area contributed by atoms with Crippen LogP contribution in [-0.2, 0) is 0 Å². The molecule has 0 unspecified atom stereocenters. The van der Waals surface area contributed by atoms with E-state index in [1.165, 1.54) is 24.3 Å². The van der Waals surface area contributed by atoms with Crippen LogP contribution in [0.25, 0.3) is 0 Å². The van der Waals surface area contributed by atoms with Crippen LogP contribution in [0.4, 0.5) is 17.6 Å². The summed E-state index contributed by atoms with van der Waals surface area (Å²) in [4.78, 5) is 0.0171. The zero-order valence-electron chi connectivity index (χ0n) is 6.64. The lowest BCUT2D eigenvalue weighted by Crippen LogP contribution is -2.45. The molecule has 0 bridgehead atoms. The van der Waals surface area contributed by atoms with E-state index in [9.17, 15) is 17.6 Å². The molecule has 14 heavy (non-hydrogen) atoms. The Hall–Kier alpha value is -0.910. The van der Waals surface area contributed by atoms with E-state index in [0.717, 1.165) is 0 Å². The minimum atomic E-state index is -4.45. The molecule has 1 aromatic carbocycles. The van der Waals surface area contributed by atoms with Crippen LogP contribution in [0.1, 0.15) is 0 Å². The van der Waals surface area contributed by atoms with Crippen molar-refractivity contribution in [1.82, 2.24) is 0 Å². The van der Waals surface area contributed by atoms with Gasteiger partial charge in [-0.05, 0) is 23.9 Å². The standard InChI is InChI=1S/C8H4F4OS/c9-7(10)8(11,12)14-6-4-2-1-3-5(6)13-7/h1-4H. The van der Waals surface area contributed by atoms with Crippen LogP contribution in [0.2, 0.25) is 0 Å². The van der Waals surface area contributed by atoms with Crippen LogP contribution in [0.5, 0.6) is 5.75 Å². The molecule has 0 fully saturated rings. The van der Waals surface area contributed by atoms with Gasteiger partial charge in [0, 0.05) is 0 Å². The van der Waals surface area contributed by atoms with Crippen LogP contribution in [-0.4, -0.2) is 11.4 Å². The Bertz CT molecular complexity index is 331. The topological polar surface area (TPSA) is 9.23 Å². The van der Waals surface area contributed by atoms with Crippen molar-refractivity contribution in [1.29, 1.82) is 0 Å². The summed E-state index contributed by atoms with van der Waals surface area (Å²) in [7, 11) is 0. The predicted molar refractivity (Wildman–Crippen MR) is 42.8 cm³/mol. The first kappa shape index (κ1) is 9.64. The molecule has 1 nitrogen and oxygen atoms in total. The van der Waals surface area contributed by atoms with E-state index in [0.29, 0.717) is 0 Å². The van der Waals surface area contributed by atoms with E-state index >= 15 is 0 Å². The molecule has 0 saturated carbocycles. The lowest BCUT2D eigenvalue weighted by atomic mass is 10.3. The highest BCUT2D eigenvalue weighted by molar-refractivity contribution is 8.00. The molecule has 1 aromatic rings. The van der Waals surface area contributed by atoms with Crippen LogP contribution in [0, 0.1) is 0 Å². The van der Waals surface area contributed by atoms with Crippen molar-refractivity contribution in [3.63, 3.8) is 0 Å². The second-order valence-corrected chi connectivity index (χ2v) is 3.84. The van der Waals surface area contributed by atoms with Crippen molar-refractivity contribution in [3.05, 3.63) is 24.3 Å². The zero-order valence-corrected chi connectivity index (χ0v) is 7.45. The predicted octanol–water partition coefficient (Wildman–Crippen LogP) is 3.36. The molecule has 76 valence electrons. The van der Waals surface area contributed by atoms with Crippen LogP contribution in [0.15, 0.2) is 29.2 Å². The van der Waals surface area contributed by atoms with Crippen LogP contribution < -0.4 is 4.74 Å². The van der Waals surface area contributed by atoms with Gasteiger partial charge in [-0.1, -0.05) is 12.1 Å². The molecule has 0 atom stereocenters. The molecule has 1 heterocycles. The van der Waals surface area contributed by atoms with Gasteiger partial charge in [0.1, 0.15) is 5.75 Å². The fraction of sp³-hybridized carbons (Fsp3) is 0.250. The summed E-state index contributed by atoms with van der Waals surface area (Å²) in [6.45, 7) is 0. The summed E-state index contributed by atoms with van der Waals surface area (Å²) in [6, 6.07) is 5.46. The van der Waals surface area contributed by atoms with Gasteiger partial charge in [0.15, 0.2) is 0 Å². The third kappa shape index (κ3) is 1.33. The molecule has 0 N–H and O–H groups in total. The summed E-state index contributed by atoms with van der Waals surface area (Å²) < 4.78 is 54.8. The van der Waals surface area contributed by atoms with Crippen LogP contribution in [0.3, 0.4) is 0 Å². The van der Waals surface area contributed by atoms with Crippen molar-refractivity contribution in [2.45, 2.75) is 16.3 Å². The molecular formula is C8H4F4OS. The normalized spacial score (nSPS) is 22.3. The second kappa shape index (κ2) is 2.79. The summed E-state index contributed by atoms with van der Waals surface area (Å²) in [5.41, 5.74) is 0. The Kier molecular flexibility index (Phi) is 1.92. The van der Waals surface area contributed by atoms with Gasteiger partial charge >= 0.3 is 11.4 Å². The first-order valence-electron chi connectivity index (χ1n) is 3.65. The number of hydrogen-bond donors (Lipinski definition) is 0. The monoisotopic (exact) mass is 224 g/mol. The molecule has 2 rings (SSSR count). The van der Waals surface area contributed by atoms with Gasteiger partial charge < -0.3 is 4.74 Å². The first-order chi connectivity index (χ1) is 6.42. The molecule has 6 heteroatoms. The Labute approximate surface area is 81.1 Å². The third-order valence-corrected chi connectivity index (χ3v) is 2.72. The number of benzene rings is 1. The Balaban J connectivity index is 2.46. The quantitative estimate of drug-likeness (QED) is 0.625. The smallest absolute Gasteiger partial charge is 0.426 e. The summed E-state index contributed by atoms with van der Waals surface area (Å²) >= 11 is -0.187. The van der Waals surface area contributed by atoms with E-state index in [1.54, 1.807) is 0 Å². The van der Waals surface area contributed by atoms with Gasteiger partial charge in [-0.2, -0.15) is 17.6 Å². The molecule has 0 spiro atoms. The summed E-state index contributed by atoms with van der Waals surface area (Å²) in [5.74, 6) is -0.214. The van der Waals surface area contributed by atoms with Crippen LogP contribution >= 0.6 is 11.8 Å². The molecule has 0 radical (unpaired) electrons. The molecule has 1 aliphatic rings. The largest absolute Gasteiger partial charge is 0.475 e. The SMILES string of the molecule is FC1(F)Oc2ccccc2SC1(F)F. The van der Waals surface area contributed by atoms with Crippen molar-refractivity contribution in [2.75, 3.05) is 0 Å². The van der Waals surface area contributed by atoms with Gasteiger partial charge in [-0.15, -0.1) is 0 Å². The highest BCUT2D eigenvalue weighted by Gasteiger charge is 2.63. The molecule has 0 saturated heterocycles. The molecule has 0 aromatic heterocycles. The molecule has 0 aliphatic carbocycles. The summed E-state index contributed by atoms with van der Waals surface area (Å²) in [6.07, 6.45) is -4.45. The van der Waals surface area contributed by atoms with Gasteiger partial charge in [-0.3, -0.25) is 0 Å². The van der Waals surface area contributed by atoms with Crippen molar-refractivity contribution in [3.8, 4) is 5.75 Å². The Morgan fingerprint density at radius 3 is 2.43 bits per heavy atom. The number of halogens is 4. The Morgan fingerprint density at radius 2 is 1.71 bits per heavy atom. The lowest BCUT2D eigenvalue weighted by Gasteiger charge is -2.31. The number of alkyl halides is 4. The molecular weight excluding hydrogens is 220 g/mol. The van der Waals surface area contributed by atoms with Crippen molar-refractivity contribution < 1.29 is 22.3 Å². The Morgan fingerprint density at radius 1 is 1.07 bits per heavy atom.